The molecule has 0 aliphatic heterocycles. The number of aliphatic imine (C=N–C) groups is 1. The Morgan fingerprint density at radius 2 is 2.47 bits per heavy atom. The van der Waals surface area contributed by atoms with Gasteiger partial charge in [-0.1, -0.05) is 0 Å². The maximum atomic E-state index is 10.1. The summed E-state index contributed by atoms with van der Waals surface area (Å²) >= 11 is 1.49. The number of carbonyl (C=O) groups is 1. The monoisotopic (exact) mass is 223 g/mol. The Labute approximate surface area is 93.2 Å². The fourth-order valence-electron chi connectivity index (χ4n) is 1.03. The minimum absolute atomic E-state index is 0.482. The van der Waals surface area contributed by atoms with E-state index < -0.39 is 0 Å². The first-order valence-electron chi connectivity index (χ1n) is 4.47. The third kappa shape index (κ3) is 3.71. The van der Waals surface area contributed by atoms with Crippen LogP contribution in [0.1, 0.15) is 5.69 Å². The molecule has 1 heterocycles. The number of thioether (sulfide) groups is 1. The van der Waals surface area contributed by atoms with Crippen LogP contribution in [0, 0.1) is 6.92 Å². The quantitative estimate of drug-likeness (QED) is 0.347. The van der Waals surface area contributed by atoms with E-state index in [0.29, 0.717) is 17.4 Å². The molecule has 1 aromatic heterocycles. The number of nitrogens with zero attached hydrogens (tertiary/aromatic N) is 2. The van der Waals surface area contributed by atoms with E-state index in [1.165, 1.54) is 11.8 Å². The molecule has 1 N–H and O–H groups in total. The van der Waals surface area contributed by atoms with E-state index in [-0.39, 0.29) is 0 Å². The number of rotatable bonds is 6. The zero-order chi connectivity index (χ0) is 11.1. The van der Waals surface area contributed by atoms with Crippen molar-refractivity contribution in [3.63, 3.8) is 0 Å². The first kappa shape index (κ1) is 11.7. The highest BCUT2D eigenvalue weighted by Crippen LogP contribution is 2.22. The van der Waals surface area contributed by atoms with Gasteiger partial charge >= 0.3 is 0 Å². The Morgan fingerprint density at radius 1 is 1.67 bits per heavy atom. The summed E-state index contributed by atoms with van der Waals surface area (Å²) in [7, 11) is 0. The Balaban J connectivity index is 2.61. The fraction of sp³-hybridized carbons (Fsp3) is 0.300. The highest BCUT2D eigenvalue weighted by atomic mass is 32.2. The minimum Gasteiger partial charge on any atom is -0.359 e. The second-order valence-corrected chi connectivity index (χ2v) is 3.87. The molecule has 1 rings (SSSR count). The molecular weight excluding hydrogens is 210 g/mol. The van der Waals surface area contributed by atoms with E-state index in [0.717, 1.165) is 17.7 Å². The predicted octanol–water partition coefficient (Wildman–Crippen LogP) is 2.02. The number of hydrogen-bond donors (Lipinski definition) is 1. The molecule has 4 nitrogen and oxygen atoms in total. The van der Waals surface area contributed by atoms with Gasteiger partial charge in [-0.15, -0.1) is 11.8 Å². The van der Waals surface area contributed by atoms with Crippen molar-refractivity contribution >= 4 is 36.3 Å². The van der Waals surface area contributed by atoms with Crippen LogP contribution in [0.5, 0.6) is 0 Å². The molecule has 0 bridgehead atoms. The molecule has 0 radical (unpaired) electrons. The summed E-state index contributed by atoms with van der Waals surface area (Å²) in [6.07, 6.45) is 0.878. The standard InChI is InChI=1S/C10H13N3OS/c1-8-3-4-9(11-2)10(13-8)12-7-15-6-5-14/h3-5H,2,6-7H2,1H3,(H,12,13). The topological polar surface area (TPSA) is 54.4 Å². The first-order valence-corrected chi connectivity index (χ1v) is 5.63. The summed E-state index contributed by atoms with van der Waals surface area (Å²) in [5.41, 5.74) is 1.65. The summed E-state index contributed by atoms with van der Waals surface area (Å²) in [5, 5.41) is 3.10. The molecule has 0 aromatic carbocycles. The van der Waals surface area contributed by atoms with Crippen molar-refractivity contribution in [3.05, 3.63) is 17.8 Å². The van der Waals surface area contributed by atoms with E-state index in [1.807, 2.05) is 19.1 Å². The van der Waals surface area contributed by atoms with E-state index in [4.69, 9.17) is 0 Å². The second kappa shape index (κ2) is 6.19. The van der Waals surface area contributed by atoms with Crippen molar-refractivity contribution in [3.8, 4) is 0 Å². The van der Waals surface area contributed by atoms with Crippen LogP contribution in [0.25, 0.3) is 0 Å². The van der Waals surface area contributed by atoms with Crippen molar-refractivity contribution in [2.45, 2.75) is 6.92 Å². The van der Waals surface area contributed by atoms with Crippen molar-refractivity contribution < 1.29 is 4.79 Å². The van der Waals surface area contributed by atoms with Gasteiger partial charge in [-0.2, -0.15) is 0 Å². The zero-order valence-corrected chi connectivity index (χ0v) is 9.38. The summed E-state index contributed by atoms with van der Waals surface area (Å²) in [5.74, 6) is 1.83. The number of carbonyl (C=O) groups excluding carboxylic acids is 1. The first-order chi connectivity index (χ1) is 7.27. The number of pyridine rings is 1. The van der Waals surface area contributed by atoms with Gasteiger partial charge < -0.3 is 10.1 Å². The van der Waals surface area contributed by atoms with Crippen LogP contribution in [0.4, 0.5) is 11.5 Å². The Bertz CT molecular complexity index is 355. The Hall–Kier alpha value is -1.36. The van der Waals surface area contributed by atoms with E-state index in [1.54, 1.807) is 0 Å². The highest BCUT2D eigenvalue weighted by molar-refractivity contribution is 7.99. The Kier molecular flexibility index (Phi) is 4.83. The van der Waals surface area contributed by atoms with Crippen LogP contribution in [0.2, 0.25) is 0 Å². The van der Waals surface area contributed by atoms with Crippen LogP contribution in [0.15, 0.2) is 17.1 Å². The lowest BCUT2D eigenvalue weighted by Gasteiger charge is -2.07. The molecule has 5 heteroatoms. The van der Waals surface area contributed by atoms with E-state index in [2.05, 4.69) is 22.0 Å². The van der Waals surface area contributed by atoms with Crippen LogP contribution in [-0.2, 0) is 4.79 Å². The average molecular weight is 223 g/mol. The number of nitrogens with one attached hydrogen (secondary N) is 1. The highest BCUT2D eigenvalue weighted by Gasteiger charge is 2.01. The van der Waals surface area contributed by atoms with Gasteiger partial charge in [0.1, 0.15) is 12.0 Å². The zero-order valence-electron chi connectivity index (χ0n) is 8.56. The minimum atomic E-state index is 0.482. The number of hydrogen-bond acceptors (Lipinski definition) is 5. The van der Waals surface area contributed by atoms with Gasteiger partial charge in [-0.25, -0.2) is 4.98 Å². The van der Waals surface area contributed by atoms with Gasteiger partial charge in [0.25, 0.3) is 0 Å². The van der Waals surface area contributed by atoms with Crippen molar-refractivity contribution in [2.75, 3.05) is 16.9 Å². The third-order valence-electron chi connectivity index (χ3n) is 1.71. The molecule has 0 aliphatic rings. The molecule has 1 aromatic rings. The van der Waals surface area contributed by atoms with Crippen molar-refractivity contribution in [1.82, 2.24) is 4.98 Å². The number of aryl methyl sites for hydroxylation is 1. The van der Waals surface area contributed by atoms with Gasteiger partial charge in [-0.05, 0) is 25.8 Å². The molecule has 80 valence electrons. The number of aromatic nitrogens is 1. The van der Waals surface area contributed by atoms with Gasteiger partial charge in [0.15, 0.2) is 5.82 Å². The van der Waals surface area contributed by atoms with Crippen LogP contribution in [0.3, 0.4) is 0 Å². The Morgan fingerprint density at radius 3 is 3.13 bits per heavy atom. The summed E-state index contributed by atoms with van der Waals surface area (Å²) in [6.45, 7) is 5.39. The predicted molar refractivity (Wildman–Crippen MR) is 65.2 cm³/mol. The number of anilines is 1. The lowest BCUT2D eigenvalue weighted by atomic mass is 10.3. The maximum absolute atomic E-state index is 10.1. The molecule has 0 saturated carbocycles. The van der Waals surface area contributed by atoms with Gasteiger partial charge in [-0.3, -0.25) is 4.99 Å². The number of aldehydes is 1. The van der Waals surface area contributed by atoms with Gasteiger partial charge in [0.05, 0.1) is 11.6 Å². The molecular formula is C10H13N3OS. The molecule has 0 atom stereocenters. The lowest BCUT2D eigenvalue weighted by Crippen LogP contribution is -2.02. The normalized spacial score (nSPS) is 9.67. The summed E-state index contributed by atoms with van der Waals surface area (Å²) in [6, 6.07) is 3.75. The molecule has 0 aliphatic carbocycles. The summed E-state index contributed by atoms with van der Waals surface area (Å²) in [4.78, 5) is 18.3. The van der Waals surface area contributed by atoms with Crippen LogP contribution < -0.4 is 5.32 Å². The van der Waals surface area contributed by atoms with Crippen LogP contribution >= 0.6 is 11.8 Å². The largest absolute Gasteiger partial charge is 0.359 e. The third-order valence-corrected chi connectivity index (χ3v) is 2.43. The molecule has 0 spiro atoms. The lowest BCUT2D eigenvalue weighted by molar-refractivity contribution is -0.105. The molecule has 0 unspecified atom stereocenters. The average Bonchev–Trinajstić information content (AvgIpc) is 2.25. The van der Waals surface area contributed by atoms with E-state index >= 15 is 0 Å². The van der Waals surface area contributed by atoms with Crippen molar-refractivity contribution in [2.24, 2.45) is 4.99 Å². The molecule has 15 heavy (non-hydrogen) atoms. The maximum Gasteiger partial charge on any atom is 0.152 e. The van der Waals surface area contributed by atoms with Crippen LogP contribution in [-0.4, -0.2) is 29.6 Å². The van der Waals surface area contributed by atoms with Crippen molar-refractivity contribution in [1.29, 1.82) is 0 Å². The fourth-order valence-corrected chi connectivity index (χ4v) is 1.49. The summed E-state index contributed by atoms with van der Waals surface area (Å²) < 4.78 is 0. The molecule has 0 fully saturated rings. The second-order valence-electron chi connectivity index (χ2n) is 2.84. The SMILES string of the molecule is C=Nc1ccc(C)nc1NCSCC=O. The van der Waals surface area contributed by atoms with Gasteiger partial charge in [0, 0.05) is 5.69 Å². The van der Waals surface area contributed by atoms with E-state index in [9.17, 15) is 4.79 Å². The van der Waals surface area contributed by atoms with Gasteiger partial charge in [0.2, 0.25) is 0 Å². The molecule has 0 saturated heterocycles. The smallest absolute Gasteiger partial charge is 0.152 e. The molecule has 0 amide bonds.